The molecule has 6 heteroatoms. The number of nitrogens with two attached hydrogens (primary N) is 2. The van der Waals surface area contributed by atoms with Crippen molar-refractivity contribution < 1.29 is 19.1 Å². The van der Waals surface area contributed by atoms with Crippen LogP contribution in [0.4, 0.5) is 11.4 Å². The van der Waals surface area contributed by atoms with Gasteiger partial charge in [0.05, 0.1) is 11.4 Å². The zero-order valence-corrected chi connectivity index (χ0v) is 12.5. The average Bonchev–Trinajstić information content (AvgIpc) is 2.52. The fourth-order valence-electron chi connectivity index (χ4n) is 1.87. The van der Waals surface area contributed by atoms with Crippen molar-refractivity contribution in [1.82, 2.24) is 0 Å². The van der Waals surface area contributed by atoms with Crippen molar-refractivity contribution in [3.05, 3.63) is 48.5 Å². The molecule has 4 N–H and O–H groups in total. The number of para-hydroxylation sites is 4. The van der Waals surface area contributed by atoms with Gasteiger partial charge in [0.2, 0.25) is 0 Å². The van der Waals surface area contributed by atoms with E-state index in [2.05, 4.69) is 0 Å². The smallest absolute Gasteiger partial charge is 0.311 e. The number of rotatable bonds is 6. The molecule has 0 heterocycles. The quantitative estimate of drug-likeness (QED) is 0.482. The highest BCUT2D eigenvalue weighted by Gasteiger charge is 2.11. The molecular formula is C17H18N2O4. The van der Waals surface area contributed by atoms with Gasteiger partial charge in [-0.1, -0.05) is 24.3 Å². The van der Waals surface area contributed by atoms with E-state index in [1.165, 1.54) is 0 Å². The molecule has 0 aliphatic rings. The second-order valence-corrected chi connectivity index (χ2v) is 4.88. The molecule has 0 aliphatic heterocycles. The number of anilines is 2. The third-order valence-corrected chi connectivity index (χ3v) is 3.05. The number of hydrogen-bond acceptors (Lipinski definition) is 6. The molecule has 0 unspecified atom stereocenters. The van der Waals surface area contributed by atoms with Gasteiger partial charge >= 0.3 is 11.9 Å². The third kappa shape index (κ3) is 5.03. The Bertz CT molecular complexity index is 641. The number of benzene rings is 2. The second kappa shape index (κ2) is 7.84. The maximum atomic E-state index is 11.7. The van der Waals surface area contributed by atoms with Crippen molar-refractivity contribution in [3.8, 4) is 11.5 Å². The molecule has 2 rings (SSSR count). The van der Waals surface area contributed by atoms with Crippen LogP contribution >= 0.6 is 0 Å². The molecule has 0 fully saturated rings. The Morgan fingerprint density at radius 2 is 1.13 bits per heavy atom. The summed E-state index contributed by atoms with van der Waals surface area (Å²) < 4.78 is 10.3. The maximum Gasteiger partial charge on any atom is 0.311 e. The lowest BCUT2D eigenvalue weighted by Gasteiger charge is -2.07. The first kappa shape index (κ1) is 16.4. The summed E-state index contributed by atoms with van der Waals surface area (Å²) in [5.41, 5.74) is 12.1. The summed E-state index contributed by atoms with van der Waals surface area (Å²) in [6.07, 6.45) is 0.499. The maximum absolute atomic E-state index is 11.7. The van der Waals surface area contributed by atoms with Gasteiger partial charge in [-0.15, -0.1) is 0 Å². The predicted octanol–water partition coefficient (Wildman–Crippen LogP) is 2.53. The van der Waals surface area contributed by atoms with E-state index < -0.39 is 11.9 Å². The predicted molar refractivity (Wildman–Crippen MR) is 86.8 cm³/mol. The van der Waals surface area contributed by atoms with E-state index in [4.69, 9.17) is 20.9 Å². The monoisotopic (exact) mass is 314 g/mol. The Labute approximate surface area is 134 Å². The molecule has 0 amide bonds. The first-order valence-electron chi connectivity index (χ1n) is 7.16. The lowest BCUT2D eigenvalue weighted by atomic mass is 10.2. The summed E-state index contributed by atoms with van der Waals surface area (Å²) in [5, 5.41) is 0. The molecule has 120 valence electrons. The van der Waals surface area contributed by atoms with Gasteiger partial charge in [0.25, 0.3) is 0 Å². The molecule has 0 aliphatic carbocycles. The molecule has 0 atom stereocenters. The molecule has 2 aromatic carbocycles. The molecule has 2 aromatic rings. The Kier molecular flexibility index (Phi) is 5.57. The van der Waals surface area contributed by atoms with Gasteiger partial charge in [-0.25, -0.2) is 0 Å². The molecule has 23 heavy (non-hydrogen) atoms. The summed E-state index contributed by atoms with van der Waals surface area (Å²) >= 11 is 0. The normalized spacial score (nSPS) is 10.1. The average molecular weight is 314 g/mol. The van der Waals surface area contributed by atoms with E-state index in [9.17, 15) is 9.59 Å². The van der Waals surface area contributed by atoms with Crippen LogP contribution in [-0.4, -0.2) is 11.9 Å². The van der Waals surface area contributed by atoms with Crippen molar-refractivity contribution >= 4 is 23.3 Å². The van der Waals surface area contributed by atoms with Crippen LogP contribution in [0.15, 0.2) is 48.5 Å². The SMILES string of the molecule is Nc1ccccc1OC(=O)CCCC(=O)Oc1ccccc1N. The summed E-state index contributed by atoms with van der Waals surface area (Å²) in [7, 11) is 0. The minimum Gasteiger partial charge on any atom is -0.424 e. The number of carbonyl (C=O) groups is 2. The Balaban J connectivity index is 1.74. The Morgan fingerprint density at radius 3 is 1.52 bits per heavy atom. The molecule has 0 aromatic heterocycles. The number of ether oxygens (including phenoxy) is 2. The largest absolute Gasteiger partial charge is 0.424 e. The molecule has 6 nitrogen and oxygen atoms in total. The van der Waals surface area contributed by atoms with Crippen LogP contribution in [0, 0.1) is 0 Å². The van der Waals surface area contributed by atoms with E-state index in [0.29, 0.717) is 29.3 Å². The summed E-state index contributed by atoms with van der Waals surface area (Å²) in [5.74, 6) is -0.265. The van der Waals surface area contributed by atoms with Crippen LogP contribution in [0.2, 0.25) is 0 Å². The number of hydrogen-bond donors (Lipinski definition) is 2. The second-order valence-electron chi connectivity index (χ2n) is 4.88. The van der Waals surface area contributed by atoms with E-state index >= 15 is 0 Å². The zero-order valence-electron chi connectivity index (χ0n) is 12.5. The topological polar surface area (TPSA) is 105 Å². The van der Waals surface area contributed by atoms with E-state index in [1.54, 1.807) is 48.5 Å². The summed E-state index contributed by atoms with van der Waals surface area (Å²) in [6.45, 7) is 0. The third-order valence-electron chi connectivity index (χ3n) is 3.05. The zero-order chi connectivity index (χ0) is 16.7. The fourth-order valence-corrected chi connectivity index (χ4v) is 1.87. The van der Waals surface area contributed by atoms with Gasteiger partial charge in [0.1, 0.15) is 0 Å². The van der Waals surface area contributed by atoms with Crippen LogP contribution < -0.4 is 20.9 Å². The molecule has 0 radical (unpaired) electrons. The van der Waals surface area contributed by atoms with Crippen LogP contribution in [0.1, 0.15) is 19.3 Å². The number of esters is 2. The van der Waals surface area contributed by atoms with Gasteiger partial charge in [0, 0.05) is 12.8 Å². The Hall–Kier alpha value is -3.02. The molecular weight excluding hydrogens is 296 g/mol. The van der Waals surface area contributed by atoms with Gasteiger partial charge in [0.15, 0.2) is 11.5 Å². The van der Waals surface area contributed by atoms with E-state index in [-0.39, 0.29) is 12.8 Å². The van der Waals surface area contributed by atoms with Crippen molar-refractivity contribution in [2.75, 3.05) is 11.5 Å². The van der Waals surface area contributed by atoms with Gasteiger partial charge in [-0.05, 0) is 30.7 Å². The Morgan fingerprint density at radius 1 is 0.739 bits per heavy atom. The first-order valence-corrected chi connectivity index (χ1v) is 7.16. The minimum absolute atomic E-state index is 0.0910. The lowest BCUT2D eigenvalue weighted by Crippen LogP contribution is -2.12. The highest BCUT2D eigenvalue weighted by atomic mass is 16.5. The van der Waals surface area contributed by atoms with Crippen LogP contribution in [0.3, 0.4) is 0 Å². The van der Waals surface area contributed by atoms with Gasteiger partial charge < -0.3 is 20.9 Å². The van der Waals surface area contributed by atoms with Gasteiger partial charge in [-0.3, -0.25) is 9.59 Å². The van der Waals surface area contributed by atoms with Crippen molar-refractivity contribution in [1.29, 1.82) is 0 Å². The highest BCUT2D eigenvalue weighted by molar-refractivity contribution is 5.77. The summed E-state index contributed by atoms with van der Waals surface area (Å²) in [6, 6.07) is 13.4. The number of carbonyl (C=O) groups excluding carboxylic acids is 2. The van der Waals surface area contributed by atoms with Gasteiger partial charge in [-0.2, -0.15) is 0 Å². The lowest BCUT2D eigenvalue weighted by molar-refractivity contribution is -0.136. The van der Waals surface area contributed by atoms with E-state index in [1.807, 2.05) is 0 Å². The first-order chi connectivity index (χ1) is 11.1. The van der Waals surface area contributed by atoms with E-state index in [0.717, 1.165) is 0 Å². The summed E-state index contributed by atoms with van der Waals surface area (Å²) in [4.78, 5) is 23.4. The fraction of sp³-hybridized carbons (Fsp3) is 0.176. The molecule has 0 bridgehead atoms. The van der Waals surface area contributed by atoms with Crippen molar-refractivity contribution in [3.63, 3.8) is 0 Å². The molecule has 0 spiro atoms. The molecule has 0 saturated carbocycles. The van der Waals surface area contributed by atoms with Crippen LogP contribution in [-0.2, 0) is 9.59 Å². The number of nitrogen functional groups attached to an aromatic ring is 2. The van der Waals surface area contributed by atoms with Crippen LogP contribution in [0.25, 0.3) is 0 Å². The standard InChI is InChI=1S/C17H18N2O4/c18-12-6-1-3-8-14(12)22-16(20)10-5-11-17(21)23-15-9-4-2-7-13(15)19/h1-4,6-9H,5,10-11,18-19H2. The molecule has 0 saturated heterocycles. The highest BCUT2D eigenvalue weighted by Crippen LogP contribution is 2.21. The van der Waals surface area contributed by atoms with Crippen molar-refractivity contribution in [2.45, 2.75) is 19.3 Å². The van der Waals surface area contributed by atoms with Crippen molar-refractivity contribution in [2.24, 2.45) is 0 Å². The van der Waals surface area contributed by atoms with Crippen LogP contribution in [0.5, 0.6) is 11.5 Å². The minimum atomic E-state index is -0.449.